The second kappa shape index (κ2) is 6.37. The fourth-order valence-electron chi connectivity index (χ4n) is 3.31. The van der Waals surface area contributed by atoms with Crippen LogP contribution in [0.15, 0.2) is 12.4 Å². The SMILES string of the molecule is CCNCC1CCC(CC)CC1c1cnn(C)c1. The second-order valence-electron chi connectivity index (χ2n) is 5.71. The Balaban J connectivity index is 2.08. The van der Waals surface area contributed by atoms with Gasteiger partial charge in [-0.1, -0.05) is 26.7 Å². The van der Waals surface area contributed by atoms with Crippen molar-refractivity contribution in [3.8, 4) is 0 Å². The Bertz CT molecular complexity index is 358. The maximum Gasteiger partial charge on any atom is 0.0524 e. The van der Waals surface area contributed by atoms with E-state index in [-0.39, 0.29) is 0 Å². The maximum absolute atomic E-state index is 4.35. The van der Waals surface area contributed by atoms with Crippen molar-refractivity contribution in [2.45, 2.75) is 45.4 Å². The standard InChI is InChI=1S/C15H27N3/c1-4-12-6-7-13(9-16-5-2)15(8-12)14-10-17-18(3)11-14/h10-13,15-16H,4-9H2,1-3H3. The zero-order valence-corrected chi connectivity index (χ0v) is 12.0. The lowest BCUT2D eigenvalue weighted by molar-refractivity contribution is 0.226. The molecule has 1 heterocycles. The van der Waals surface area contributed by atoms with Crippen LogP contribution in [0.2, 0.25) is 0 Å². The van der Waals surface area contributed by atoms with Crippen molar-refractivity contribution in [1.29, 1.82) is 0 Å². The van der Waals surface area contributed by atoms with E-state index < -0.39 is 0 Å². The lowest BCUT2D eigenvalue weighted by Crippen LogP contribution is -2.31. The van der Waals surface area contributed by atoms with Gasteiger partial charge in [0.2, 0.25) is 0 Å². The smallest absolute Gasteiger partial charge is 0.0524 e. The van der Waals surface area contributed by atoms with Crippen molar-refractivity contribution in [1.82, 2.24) is 15.1 Å². The van der Waals surface area contributed by atoms with Crippen LogP contribution in [-0.4, -0.2) is 22.9 Å². The van der Waals surface area contributed by atoms with E-state index in [1.54, 1.807) is 0 Å². The third kappa shape index (κ3) is 3.14. The number of nitrogens with zero attached hydrogens (tertiary/aromatic N) is 2. The molecule has 2 rings (SSSR count). The van der Waals surface area contributed by atoms with Gasteiger partial charge in [-0.25, -0.2) is 0 Å². The number of aromatic nitrogens is 2. The van der Waals surface area contributed by atoms with Gasteiger partial charge in [0.1, 0.15) is 0 Å². The summed E-state index contributed by atoms with van der Waals surface area (Å²) in [5, 5.41) is 7.88. The summed E-state index contributed by atoms with van der Waals surface area (Å²) in [6, 6.07) is 0. The fraction of sp³-hybridized carbons (Fsp3) is 0.800. The molecule has 0 spiro atoms. The van der Waals surface area contributed by atoms with E-state index in [9.17, 15) is 0 Å². The van der Waals surface area contributed by atoms with Crippen LogP contribution in [0.25, 0.3) is 0 Å². The Kier molecular flexibility index (Phi) is 4.81. The average molecular weight is 249 g/mol. The summed E-state index contributed by atoms with van der Waals surface area (Å²) in [7, 11) is 2.02. The molecule has 18 heavy (non-hydrogen) atoms. The van der Waals surface area contributed by atoms with Crippen LogP contribution in [0.4, 0.5) is 0 Å². The zero-order chi connectivity index (χ0) is 13.0. The van der Waals surface area contributed by atoms with E-state index in [1.165, 1.54) is 31.2 Å². The lowest BCUT2D eigenvalue weighted by atomic mass is 9.71. The minimum absolute atomic E-state index is 0.705. The van der Waals surface area contributed by atoms with Crippen molar-refractivity contribution in [3.05, 3.63) is 18.0 Å². The molecule has 1 aromatic heterocycles. The van der Waals surface area contributed by atoms with Gasteiger partial charge in [-0.05, 0) is 49.2 Å². The minimum Gasteiger partial charge on any atom is -0.317 e. The minimum atomic E-state index is 0.705. The first-order valence-corrected chi connectivity index (χ1v) is 7.43. The van der Waals surface area contributed by atoms with Crippen LogP contribution < -0.4 is 5.32 Å². The Morgan fingerprint density at radius 3 is 2.83 bits per heavy atom. The van der Waals surface area contributed by atoms with E-state index in [4.69, 9.17) is 0 Å². The Morgan fingerprint density at radius 2 is 2.22 bits per heavy atom. The van der Waals surface area contributed by atoms with Gasteiger partial charge < -0.3 is 5.32 Å². The Morgan fingerprint density at radius 1 is 1.39 bits per heavy atom. The van der Waals surface area contributed by atoms with E-state index in [0.717, 1.165) is 24.9 Å². The summed E-state index contributed by atoms with van der Waals surface area (Å²) in [4.78, 5) is 0. The molecule has 1 aliphatic carbocycles. The van der Waals surface area contributed by atoms with Crippen LogP contribution in [0.3, 0.4) is 0 Å². The van der Waals surface area contributed by atoms with Crippen molar-refractivity contribution in [2.24, 2.45) is 18.9 Å². The van der Waals surface area contributed by atoms with Gasteiger partial charge in [-0.3, -0.25) is 4.68 Å². The molecule has 0 amide bonds. The van der Waals surface area contributed by atoms with E-state index in [1.807, 2.05) is 11.7 Å². The highest BCUT2D eigenvalue weighted by molar-refractivity contribution is 5.14. The summed E-state index contributed by atoms with van der Waals surface area (Å²) in [6.07, 6.45) is 9.72. The van der Waals surface area contributed by atoms with Gasteiger partial charge in [0, 0.05) is 13.2 Å². The van der Waals surface area contributed by atoms with E-state index in [0.29, 0.717) is 5.92 Å². The van der Waals surface area contributed by atoms with Gasteiger partial charge >= 0.3 is 0 Å². The lowest BCUT2D eigenvalue weighted by Gasteiger charge is -2.35. The molecule has 1 N–H and O–H groups in total. The average Bonchev–Trinajstić information content (AvgIpc) is 2.82. The molecule has 3 atom stereocenters. The molecule has 0 bridgehead atoms. The van der Waals surface area contributed by atoms with Gasteiger partial charge in [-0.2, -0.15) is 5.10 Å². The molecule has 3 nitrogen and oxygen atoms in total. The number of aryl methyl sites for hydroxylation is 1. The van der Waals surface area contributed by atoms with Crippen LogP contribution in [0.1, 0.15) is 51.0 Å². The first-order valence-electron chi connectivity index (χ1n) is 7.43. The van der Waals surface area contributed by atoms with Crippen LogP contribution in [0.5, 0.6) is 0 Å². The van der Waals surface area contributed by atoms with Crippen LogP contribution in [-0.2, 0) is 7.05 Å². The Hall–Kier alpha value is -0.830. The summed E-state index contributed by atoms with van der Waals surface area (Å²) < 4.78 is 1.94. The molecule has 0 radical (unpaired) electrons. The number of rotatable bonds is 5. The van der Waals surface area contributed by atoms with Gasteiger partial charge in [0.15, 0.2) is 0 Å². The maximum atomic E-state index is 4.35. The molecular weight excluding hydrogens is 222 g/mol. The molecule has 102 valence electrons. The van der Waals surface area contributed by atoms with Gasteiger partial charge in [0.05, 0.1) is 6.20 Å². The molecule has 3 unspecified atom stereocenters. The number of nitrogens with one attached hydrogen (secondary N) is 1. The molecule has 1 fully saturated rings. The van der Waals surface area contributed by atoms with Crippen molar-refractivity contribution in [3.63, 3.8) is 0 Å². The van der Waals surface area contributed by atoms with Crippen molar-refractivity contribution < 1.29 is 0 Å². The number of hydrogen-bond donors (Lipinski definition) is 1. The summed E-state index contributed by atoms with van der Waals surface area (Å²) >= 11 is 0. The highest BCUT2D eigenvalue weighted by Gasteiger charge is 2.31. The highest BCUT2D eigenvalue weighted by atomic mass is 15.2. The predicted octanol–water partition coefficient (Wildman–Crippen LogP) is 2.94. The monoisotopic (exact) mass is 249 g/mol. The largest absolute Gasteiger partial charge is 0.317 e. The molecule has 3 heteroatoms. The molecule has 0 saturated heterocycles. The number of hydrogen-bond acceptors (Lipinski definition) is 2. The molecule has 0 aliphatic heterocycles. The topological polar surface area (TPSA) is 29.9 Å². The highest BCUT2D eigenvalue weighted by Crippen LogP contribution is 2.41. The third-order valence-electron chi connectivity index (χ3n) is 4.49. The third-order valence-corrected chi connectivity index (χ3v) is 4.49. The van der Waals surface area contributed by atoms with Gasteiger partial charge in [0.25, 0.3) is 0 Å². The van der Waals surface area contributed by atoms with Crippen LogP contribution >= 0.6 is 0 Å². The normalized spacial score (nSPS) is 28.5. The van der Waals surface area contributed by atoms with Gasteiger partial charge in [-0.15, -0.1) is 0 Å². The molecular formula is C15H27N3. The molecule has 1 aliphatic rings. The first-order chi connectivity index (χ1) is 8.74. The van der Waals surface area contributed by atoms with E-state index >= 15 is 0 Å². The first kappa shape index (κ1) is 13.6. The molecule has 1 saturated carbocycles. The van der Waals surface area contributed by atoms with Crippen molar-refractivity contribution in [2.75, 3.05) is 13.1 Å². The zero-order valence-electron chi connectivity index (χ0n) is 12.0. The summed E-state index contributed by atoms with van der Waals surface area (Å²) in [5.41, 5.74) is 1.44. The van der Waals surface area contributed by atoms with Crippen LogP contribution in [0, 0.1) is 11.8 Å². The van der Waals surface area contributed by atoms with Crippen molar-refractivity contribution >= 4 is 0 Å². The summed E-state index contributed by atoms with van der Waals surface area (Å²) in [5.74, 6) is 2.40. The predicted molar refractivity (Wildman–Crippen MR) is 75.6 cm³/mol. The quantitative estimate of drug-likeness (QED) is 0.869. The Labute approximate surface area is 111 Å². The fourth-order valence-corrected chi connectivity index (χ4v) is 3.31. The van der Waals surface area contributed by atoms with E-state index in [2.05, 4.69) is 36.7 Å². The molecule has 1 aromatic rings. The second-order valence-corrected chi connectivity index (χ2v) is 5.71. The summed E-state index contributed by atoms with van der Waals surface area (Å²) in [6.45, 7) is 6.76. The molecule has 0 aromatic carbocycles.